The van der Waals surface area contributed by atoms with Gasteiger partial charge in [-0.25, -0.2) is 0 Å². The van der Waals surface area contributed by atoms with E-state index in [1.807, 2.05) is 18.2 Å². The van der Waals surface area contributed by atoms with Gasteiger partial charge < -0.3 is 10.1 Å². The summed E-state index contributed by atoms with van der Waals surface area (Å²) >= 11 is 9.67. The molecule has 106 valence electrons. The van der Waals surface area contributed by atoms with E-state index in [4.69, 9.17) is 16.3 Å². The van der Waals surface area contributed by atoms with Crippen molar-refractivity contribution in [3.63, 3.8) is 0 Å². The first kappa shape index (κ1) is 15.1. The first-order valence-corrected chi connectivity index (χ1v) is 8.17. The van der Waals surface area contributed by atoms with Gasteiger partial charge in [-0.1, -0.05) is 34.5 Å². The van der Waals surface area contributed by atoms with Crippen LogP contribution in [0.15, 0.2) is 22.7 Å². The van der Waals surface area contributed by atoms with E-state index in [9.17, 15) is 0 Å². The smallest absolute Gasteiger partial charge is 0.139 e. The molecule has 4 heteroatoms. The number of halogens is 2. The highest BCUT2D eigenvalue weighted by atomic mass is 79.9. The number of benzene rings is 1. The third-order valence-corrected chi connectivity index (χ3v) is 4.47. The van der Waals surface area contributed by atoms with E-state index in [-0.39, 0.29) is 5.60 Å². The fourth-order valence-electron chi connectivity index (χ4n) is 2.38. The number of nitrogens with one attached hydrogen (secondary N) is 1. The molecular formula is C15H21BrClNO. The lowest BCUT2D eigenvalue weighted by Crippen LogP contribution is -2.45. The van der Waals surface area contributed by atoms with Gasteiger partial charge in [0.2, 0.25) is 0 Å². The van der Waals surface area contributed by atoms with Crippen molar-refractivity contribution in [1.29, 1.82) is 0 Å². The van der Waals surface area contributed by atoms with E-state index >= 15 is 0 Å². The third kappa shape index (κ3) is 4.11. The van der Waals surface area contributed by atoms with Crippen LogP contribution in [0.4, 0.5) is 0 Å². The Morgan fingerprint density at radius 3 is 2.79 bits per heavy atom. The average molecular weight is 347 g/mol. The zero-order valence-corrected chi connectivity index (χ0v) is 13.7. The van der Waals surface area contributed by atoms with E-state index in [1.165, 1.54) is 12.8 Å². The van der Waals surface area contributed by atoms with Crippen LogP contribution in [0.3, 0.4) is 0 Å². The van der Waals surface area contributed by atoms with Crippen LogP contribution in [0.2, 0.25) is 5.02 Å². The van der Waals surface area contributed by atoms with Crippen LogP contribution in [0.25, 0.3) is 0 Å². The average Bonchev–Trinajstić information content (AvgIpc) is 2.35. The third-order valence-electron chi connectivity index (χ3n) is 3.67. The number of rotatable bonds is 7. The predicted molar refractivity (Wildman–Crippen MR) is 84.1 cm³/mol. The number of ether oxygens (including phenoxy) is 1. The molecule has 0 unspecified atom stereocenters. The first-order valence-electron chi connectivity index (χ1n) is 7.00. The molecule has 0 aromatic heterocycles. The van der Waals surface area contributed by atoms with Gasteiger partial charge in [-0.3, -0.25) is 0 Å². The summed E-state index contributed by atoms with van der Waals surface area (Å²) in [4.78, 5) is 0. The van der Waals surface area contributed by atoms with E-state index in [1.54, 1.807) is 0 Å². The van der Waals surface area contributed by atoms with Crippen molar-refractivity contribution in [3.05, 3.63) is 27.7 Å². The molecule has 1 N–H and O–H groups in total. The summed E-state index contributed by atoms with van der Waals surface area (Å²) < 4.78 is 7.23. The molecule has 0 atom stereocenters. The second-order valence-corrected chi connectivity index (χ2v) is 6.54. The molecule has 1 aliphatic carbocycles. The Morgan fingerprint density at radius 2 is 2.16 bits per heavy atom. The predicted octanol–water partition coefficient (Wildman–Crippen LogP) is 4.79. The van der Waals surface area contributed by atoms with Gasteiger partial charge in [0, 0.05) is 4.47 Å². The normalized spacial score (nSPS) is 17.0. The van der Waals surface area contributed by atoms with Gasteiger partial charge in [-0.2, -0.15) is 0 Å². The first-order chi connectivity index (χ1) is 9.15. The highest BCUT2D eigenvalue weighted by Crippen LogP contribution is 2.41. The molecule has 0 aliphatic heterocycles. The monoisotopic (exact) mass is 345 g/mol. The highest BCUT2D eigenvalue weighted by molar-refractivity contribution is 9.10. The summed E-state index contributed by atoms with van der Waals surface area (Å²) in [5, 5.41) is 4.14. The molecule has 19 heavy (non-hydrogen) atoms. The Morgan fingerprint density at radius 1 is 1.37 bits per heavy atom. The van der Waals surface area contributed by atoms with Gasteiger partial charge >= 0.3 is 0 Å². The molecule has 1 fully saturated rings. The van der Waals surface area contributed by atoms with Crippen LogP contribution in [0.5, 0.6) is 5.75 Å². The highest BCUT2D eigenvalue weighted by Gasteiger charge is 2.39. The minimum atomic E-state index is -0.00876. The largest absolute Gasteiger partial charge is 0.486 e. The molecule has 0 amide bonds. The van der Waals surface area contributed by atoms with Crippen molar-refractivity contribution in [2.45, 2.75) is 44.6 Å². The van der Waals surface area contributed by atoms with Crippen LogP contribution in [-0.4, -0.2) is 18.7 Å². The molecule has 0 bridgehead atoms. The van der Waals surface area contributed by atoms with Gasteiger partial charge in [0.05, 0.1) is 5.02 Å². The Balaban J connectivity index is 1.96. The Hall–Kier alpha value is -0.250. The van der Waals surface area contributed by atoms with Crippen LogP contribution in [0.1, 0.15) is 39.0 Å². The van der Waals surface area contributed by atoms with Gasteiger partial charge in [-0.05, 0) is 63.4 Å². The lowest BCUT2D eigenvalue weighted by molar-refractivity contribution is -0.0141. The Kier molecular flexibility index (Phi) is 5.55. The Labute approximate surface area is 129 Å². The number of hydrogen-bond donors (Lipinski definition) is 1. The lowest BCUT2D eigenvalue weighted by atomic mass is 9.77. The second kappa shape index (κ2) is 6.96. The molecule has 1 aliphatic rings. The second-order valence-electron chi connectivity index (χ2n) is 5.21. The van der Waals surface area contributed by atoms with E-state index in [0.29, 0.717) is 5.02 Å². The molecule has 0 spiro atoms. The summed E-state index contributed by atoms with van der Waals surface area (Å²) in [5.74, 6) is 0.797. The van der Waals surface area contributed by atoms with Gasteiger partial charge in [-0.15, -0.1) is 0 Å². The van der Waals surface area contributed by atoms with Crippen LogP contribution in [-0.2, 0) is 0 Å². The molecule has 1 aromatic rings. The molecule has 1 saturated carbocycles. The minimum absolute atomic E-state index is 0.00876. The van der Waals surface area contributed by atoms with Gasteiger partial charge in [0.25, 0.3) is 0 Å². The topological polar surface area (TPSA) is 21.3 Å². The van der Waals surface area contributed by atoms with Gasteiger partial charge in [0.15, 0.2) is 0 Å². The summed E-state index contributed by atoms with van der Waals surface area (Å²) in [6, 6.07) is 5.77. The minimum Gasteiger partial charge on any atom is -0.486 e. The van der Waals surface area contributed by atoms with Crippen LogP contribution < -0.4 is 10.1 Å². The summed E-state index contributed by atoms with van der Waals surface area (Å²) in [6.45, 7) is 4.27. The summed E-state index contributed by atoms with van der Waals surface area (Å²) in [6.07, 6.45) is 5.73. The molecule has 1 aromatic carbocycles. The lowest BCUT2D eigenvalue weighted by Gasteiger charge is -2.42. The SMILES string of the molecule is CCCNCCC1(Oc2cc(Br)ccc2Cl)CCC1. The summed E-state index contributed by atoms with van der Waals surface area (Å²) in [7, 11) is 0. The van der Waals surface area contributed by atoms with Crippen LogP contribution in [0, 0.1) is 0 Å². The van der Waals surface area contributed by atoms with E-state index < -0.39 is 0 Å². The molecule has 0 radical (unpaired) electrons. The van der Waals surface area contributed by atoms with Crippen molar-refractivity contribution >= 4 is 27.5 Å². The van der Waals surface area contributed by atoms with Crippen molar-refractivity contribution in [3.8, 4) is 5.75 Å². The Bertz CT molecular complexity index is 421. The number of hydrogen-bond acceptors (Lipinski definition) is 2. The zero-order chi connectivity index (χ0) is 13.7. The molecule has 2 rings (SSSR count). The van der Waals surface area contributed by atoms with Crippen molar-refractivity contribution in [2.75, 3.05) is 13.1 Å². The van der Waals surface area contributed by atoms with Crippen molar-refractivity contribution in [1.82, 2.24) is 5.32 Å². The summed E-state index contributed by atoms with van der Waals surface area (Å²) in [5.41, 5.74) is -0.00876. The zero-order valence-electron chi connectivity index (χ0n) is 11.3. The van der Waals surface area contributed by atoms with E-state index in [0.717, 1.165) is 42.6 Å². The van der Waals surface area contributed by atoms with Crippen molar-refractivity contribution < 1.29 is 4.74 Å². The van der Waals surface area contributed by atoms with Crippen molar-refractivity contribution in [2.24, 2.45) is 0 Å². The van der Waals surface area contributed by atoms with E-state index in [2.05, 4.69) is 28.2 Å². The quantitative estimate of drug-likeness (QED) is 0.716. The van der Waals surface area contributed by atoms with Crippen LogP contribution >= 0.6 is 27.5 Å². The molecule has 2 nitrogen and oxygen atoms in total. The maximum atomic E-state index is 6.23. The fraction of sp³-hybridized carbons (Fsp3) is 0.600. The molecule has 0 heterocycles. The standard InChI is InChI=1S/C15H21BrClNO/c1-2-9-18-10-8-15(6-3-7-15)19-14-11-12(16)4-5-13(14)17/h4-5,11,18H,2-3,6-10H2,1H3. The fourth-order valence-corrected chi connectivity index (χ4v) is 2.88. The molecular weight excluding hydrogens is 326 g/mol. The molecule has 0 saturated heterocycles. The maximum absolute atomic E-state index is 6.23. The maximum Gasteiger partial charge on any atom is 0.139 e. The van der Waals surface area contributed by atoms with Gasteiger partial charge in [0.1, 0.15) is 11.4 Å².